The van der Waals surface area contributed by atoms with Gasteiger partial charge in [0, 0.05) is 12.8 Å². The molecule has 0 radical (unpaired) electrons. The molecule has 12 heavy (non-hydrogen) atoms. The molecule has 0 N–H and O–H groups in total. The molecular formula is C9H7BrO2. The van der Waals surface area contributed by atoms with E-state index in [2.05, 4.69) is 21.9 Å². The first-order valence-electron chi connectivity index (χ1n) is 3.45. The number of furan rings is 1. The van der Waals surface area contributed by atoms with Crippen LogP contribution in [0.5, 0.6) is 0 Å². The Morgan fingerprint density at radius 3 is 3.00 bits per heavy atom. The van der Waals surface area contributed by atoms with Crippen LogP contribution in [0.4, 0.5) is 0 Å². The van der Waals surface area contributed by atoms with Crippen LogP contribution in [0.25, 0.3) is 0 Å². The Morgan fingerprint density at radius 2 is 2.50 bits per heavy atom. The molecule has 0 atom stereocenters. The van der Waals surface area contributed by atoms with Crippen molar-refractivity contribution < 1.29 is 9.21 Å². The summed E-state index contributed by atoms with van der Waals surface area (Å²) in [5.74, 6) is 2.42. The average molecular weight is 227 g/mol. The highest BCUT2D eigenvalue weighted by atomic mass is 79.9. The van der Waals surface area contributed by atoms with Crippen molar-refractivity contribution in [1.29, 1.82) is 0 Å². The summed E-state index contributed by atoms with van der Waals surface area (Å²) in [5, 5.41) is 0. The Kier molecular flexibility index (Phi) is 3.12. The number of rotatable bonds is 3. The van der Waals surface area contributed by atoms with E-state index < -0.39 is 0 Å². The number of halogens is 1. The molecule has 0 spiro atoms. The lowest BCUT2D eigenvalue weighted by Gasteiger charge is -1.92. The van der Waals surface area contributed by atoms with E-state index in [-0.39, 0.29) is 5.78 Å². The normalized spacial score (nSPS) is 9.33. The maximum Gasteiger partial charge on any atom is 0.179 e. The molecule has 0 unspecified atom stereocenters. The molecule has 0 amide bonds. The van der Waals surface area contributed by atoms with Gasteiger partial charge >= 0.3 is 0 Å². The van der Waals surface area contributed by atoms with Crippen LogP contribution in [0, 0.1) is 12.3 Å². The van der Waals surface area contributed by atoms with Crippen molar-refractivity contribution in [2.75, 3.05) is 0 Å². The standard InChI is InChI=1S/C9H7BrO2/c1-2-3-4-8(11)7-5-6-12-9(7)10/h1,5-6H,3-4H2. The first-order chi connectivity index (χ1) is 5.75. The number of carbonyl (C=O) groups is 1. The number of terminal acetylenes is 1. The second-order valence-electron chi connectivity index (χ2n) is 2.24. The zero-order valence-corrected chi connectivity index (χ0v) is 7.93. The molecule has 0 saturated carbocycles. The van der Waals surface area contributed by atoms with Gasteiger partial charge in [0.15, 0.2) is 10.5 Å². The predicted molar refractivity (Wildman–Crippen MR) is 48.8 cm³/mol. The summed E-state index contributed by atoms with van der Waals surface area (Å²) in [7, 11) is 0. The molecule has 2 nitrogen and oxygen atoms in total. The van der Waals surface area contributed by atoms with Gasteiger partial charge in [0.2, 0.25) is 0 Å². The lowest BCUT2D eigenvalue weighted by molar-refractivity contribution is 0.0982. The van der Waals surface area contributed by atoms with Crippen molar-refractivity contribution in [3.63, 3.8) is 0 Å². The largest absolute Gasteiger partial charge is 0.457 e. The van der Waals surface area contributed by atoms with Crippen molar-refractivity contribution in [3.05, 3.63) is 22.6 Å². The third kappa shape index (κ3) is 1.99. The predicted octanol–water partition coefficient (Wildman–Crippen LogP) is 2.64. The quantitative estimate of drug-likeness (QED) is 0.586. The third-order valence-corrected chi connectivity index (χ3v) is 2.03. The van der Waals surface area contributed by atoms with E-state index in [1.807, 2.05) is 0 Å². The lowest BCUT2D eigenvalue weighted by Crippen LogP contribution is -1.96. The van der Waals surface area contributed by atoms with Crippen LogP contribution in [0.1, 0.15) is 23.2 Å². The van der Waals surface area contributed by atoms with Crippen molar-refractivity contribution in [3.8, 4) is 12.3 Å². The van der Waals surface area contributed by atoms with Crippen molar-refractivity contribution in [1.82, 2.24) is 0 Å². The lowest BCUT2D eigenvalue weighted by atomic mass is 10.1. The van der Waals surface area contributed by atoms with E-state index in [0.717, 1.165) is 0 Å². The summed E-state index contributed by atoms with van der Waals surface area (Å²) >= 11 is 3.12. The van der Waals surface area contributed by atoms with Gasteiger partial charge in [-0.25, -0.2) is 0 Å². The van der Waals surface area contributed by atoms with Crippen LogP contribution in [-0.4, -0.2) is 5.78 Å². The molecule has 0 aliphatic rings. The first kappa shape index (κ1) is 9.08. The molecule has 0 aliphatic carbocycles. The molecule has 0 saturated heterocycles. The van der Waals surface area contributed by atoms with Gasteiger partial charge in [0.05, 0.1) is 11.8 Å². The Labute approximate surface area is 79.1 Å². The summed E-state index contributed by atoms with van der Waals surface area (Å²) in [6.07, 6.45) is 7.33. The summed E-state index contributed by atoms with van der Waals surface area (Å²) in [4.78, 5) is 11.3. The van der Waals surface area contributed by atoms with Crippen molar-refractivity contribution >= 4 is 21.7 Å². The number of ketones is 1. The molecule has 0 fully saturated rings. The zero-order chi connectivity index (χ0) is 8.97. The van der Waals surface area contributed by atoms with E-state index in [0.29, 0.717) is 23.1 Å². The second kappa shape index (κ2) is 4.13. The fourth-order valence-corrected chi connectivity index (χ4v) is 1.27. The molecule has 0 aliphatic heterocycles. The van der Waals surface area contributed by atoms with E-state index in [9.17, 15) is 4.79 Å². The monoisotopic (exact) mass is 226 g/mol. The summed E-state index contributed by atoms with van der Waals surface area (Å²) in [5.41, 5.74) is 0.560. The van der Waals surface area contributed by atoms with Gasteiger partial charge in [0.1, 0.15) is 0 Å². The Hall–Kier alpha value is -1.01. The third-order valence-electron chi connectivity index (χ3n) is 1.41. The van der Waals surface area contributed by atoms with Crippen LogP contribution in [0.15, 0.2) is 21.4 Å². The average Bonchev–Trinajstić information content (AvgIpc) is 2.47. The minimum absolute atomic E-state index is 0.00794. The fraction of sp³-hybridized carbons (Fsp3) is 0.222. The molecule has 1 aromatic rings. The minimum atomic E-state index is 0.00794. The molecule has 3 heteroatoms. The van der Waals surface area contributed by atoms with E-state index in [4.69, 9.17) is 10.8 Å². The van der Waals surface area contributed by atoms with Crippen LogP contribution in [0.3, 0.4) is 0 Å². The van der Waals surface area contributed by atoms with Gasteiger partial charge in [-0.15, -0.1) is 12.3 Å². The molecule has 1 rings (SSSR count). The number of carbonyl (C=O) groups excluding carboxylic acids is 1. The molecule has 0 bridgehead atoms. The number of hydrogen-bond acceptors (Lipinski definition) is 2. The molecule has 0 aromatic carbocycles. The summed E-state index contributed by atoms with van der Waals surface area (Å²) < 4.78 is 5.39. The van der Waals surface area contributed by atoms with Gasteiger partial charge in [-0.1, -0.05) is 0 Å². The first-order valence-corrected chi connectivity index (χ1v) is 4.24. The number of hydrogen-bond donors (Lipinski definition) is 0. The Balaban J connectivity index is 2.67. The summed E-state index contributed by atoms with van der Waals surface area (Å²) in [6, 6.07) is 1.63. The Bertz CT molecular complexity index is 320. The van der Waals surface area contributed by atoms with Crippen LogP contribution >= 0.6 is 15.9 Å². The van der Waals surface area contributed by atoms with Crippen molar-refractivity contribution in [2.45, 2.75) is 12.8 Å². The Morgan fingerprint density at radius 1 is 1.75 bits per heavy atom. The van der Waals surface area contributed by atoms with Crippen LogP contribution in [-0.2, 0) is 0 Å². The molecular weight excluding hydrogens is 220 g/mol. The van der Waals surface area contributed by atoms with E-state index in [1.54, 1.807) is 6.07 Å². The van der Waals surface area contributed by atoms with E-state index in [1.165, 1.54) is 6.26 Å². The van der Waals surface area contributed by atoms with Gasteiger partial charge in [-0.2, -0.15) is 0 Å². The maximum absolute atomic E-state index is 11.3. The topological polar surface area (TPSA) is 30.2 Å². The highest BCUT2D eigenvalue weighted by molar-refractivity contribution is 9.10. The smallest absolute Gasteiger partial charge is 0.179 e. The second-order valence-corrected chi connectivity index (χ2v) is 2.96. The zero-order valence-electron chi connectivity index (χ0n) is 6.34. The number of Topliss-reactive ketones (excluding diaryl/α,β-unsaturated/α-hetero) is 1. The minimum Gasteiger partial charge on any atom is -0.457 e. The maximum atomic E-state index is 11.3. The molecule has 1 heterocycles. The van der Waals surface area contributed by atoms with Gasteiger partial charge in [0.25, 0.3) is 0 Å². The van der Waals surface area contributed by atoms with Crippen molar-refractivity contribution in [2.24, 2.45) is 0 Å². The fourth-order valence-electron chi connectivity index (χ4n) is 0.814. The van der Waals surface area contributed by atoms with Crippen LogP contribution in [0.2, 0.25) is 0 Å². The molecule has 62 valence electrons. The van der Waals surface area contributed by atoms with Gasteiger partial charge in [-0.05, 0) is 22.0 Å². The highest BCUT2D eigenvalue weighted by Crippen LogP contribution is 2.19. The van der Waals surface area contributed by atoms with Gasteiger partial charge in [-0.3, -0.25) is 4.79 Å². The van der Waals surface area contributed by atoms with Gasteiger partial charge < -0.3 is 4.42 Å². The van der Waals surface area contributed by atoms with E-state index >= 15 is 0 Å². The summed E-state index contributed by atoms with van der Waals surface area (Å²) in [6.45, 7) is 0. The molecule has 1 aromatic heterocycles. The van der Waals surface area contributed by atoms with Crippen LogP contribution < -0.4 is 0 Å². The highest BCUT2D eigenvalue weighted by Gasteiger charge is 2.10. The SMILES string of the molecule is C#CCCC(=O)c1ccoc1Br.